The van der Waals surface area contributed by atoms with E-state index in [4.69, 9.17) is 4.42 Å². The molecule has 2 nitrogen and oxygen atoms in total. The zero-order valence-electron chi connectivity index (χ0n) is 10.5. The van der Waals surface area contributed by atoms with Crippen LogP contribution in [0.1, 0.15) is 64.3 Å². The summed E-state index contributed by atoms with van der Waals surface area (Å²) in [5.74, 6) is 0.988. The lowest BCUT2D eigenvalue weighted by Gasteiger charge is -2.27. The van der Waals surface area contributed by atoms with Gasteiger partial charge in [0.2, 0.25) is 0 Å². The Bertz CT molecular complexity index is 292. The number of nitrogens with zero attached hydrogens (tertiary/aromatic N) is 1. The molecule has 2 heteroatoms. The maximum Gasteiger partial charge on any atom is 0.181 e. The summed E-state index contributed by atoms with van der Waals surface area (Å²) in [6.45, 7) is 8.81. The SMILES string of the molecule is CCCCC(C)(CCC)c1ncoc1C. The van der Waals surface area contributed by atoms with Crippen molar-refractivity contribution in [2.75, 3.05) is 0 Å². The minimum absolute atomic E-state index is 0.210. The van der Waals surface area contributed by atoms with Crippen LogP contribution in [0.3, 0.4) is 0 Å². The van der Waals surface area contributed by atoms with Gasteiger partial charge in [-0.05, 0) is 19.8 Å². The molecule has 0 aliphatic rings. The van der Waals surface area contributed by atoms with E-state index < -0.39 is 0 Å². The van der Waals surface area contributed by atoms with Gasteiger partial charge in [0.15, 0.2) is 6.39 Å². The molecule has 0 N–H and O–H groups in total. The second-order valence-electron chi connectivity index (χ2n) is 4.67. The molecule has 1 aromatic heterocycles. The summed E-state index contributed by atoms with van der Waals surface area (Å²) >= 11 is 0. The Balaban J connectivity index is 2.85. The third kappa shape index (κ3) is 2.83. The number of aryl methyl sites for hydroxylation is 1. The summed E-state index contributed by atoms with van der Waals surface area (Å²) in [5, 5.41) is 0. The van der Waals surface area contributed by atoms with Gasteiger partial charge in [-0.1, -0.05) is 40.0 Å². The summed E-state index contributed by atoms with van der Waals surface area (Å²) < 4.78 is 5.33. The van der Waals surface area contributed by atoms with Crippen LogP contribution in [0.4, 0.5) is 0 Å². The number of hydrogen-bond donors (Lipinski definition) is 0. The Morgan fingerprint density at radius 1 is 1.27 bits per heavy atom. The van der Waals surface area contributed by atoms with Crippen LogP contribution in [0.25, 0.3) is 0 Å². The first kappa shape index (κ1) is 12.3. The second-order valence-corrected chi connectivity index (χ2v) is 4.67. The summed E-state index contributed by atoms with van der Waals surface area (Å²) in [6, 6.07) is 0. The second kappa shape index (κ2) is 5.34. The van der Waals surface area contributed by atoms with Crippen LogP contribution < -0.4 is 0 Å². The molecule has 15 heavy (non-hydrogen) atoms. The normalized spacial score (nSPS) is 15.2. The Labute approximate surface area is 93.1 Å². The van der Waals surface area contributed by atoms with Crippen LogP contribution >= 0.6 is 0 Å². The van der Waals surface area contributed by atoms with Crippen molar-refractivity contribution in [3.8, 4) is 0 Å². The third-order valence-electron chi connectivity index (χ3n) is 3.20. The van der Waals surface area contributed by atoms with Crippen molar-refractivity contribution in [3.63, 3.8) is 0 Å². The van der Waals surface area contributed by atoms with Crippen molar-refractivity contribution in [1.82, 2.24) is 4.98 Å². The van der Waals surface area contributed by atoms with Crippen LogP contribution in [0, 0.1) is 6.92 Å². The van der Waals surface area contributed by atoms with Gasteiger partial charge >= 0.3 is 0 Å². The van der Waals surface area contributed by atoms with Crippen molar-refractivity contribution in [2.45, 2.75) is 65.2 Å². The van der Waals surface area contributed by atoms with E-state index in [1.807, 2.05) is 6.92 Å². The first-order valence-corrected chi connectivity index (χ1v) is 6.04. The highest BCUT2D eigenvalue weighted by atomic mass is 16.3. The van der Waals surface area contributed by atoms with E-state index in [0.29, 0.717) is 0 Å². The van der Waals surface area contributed by atoms with Gasteiger partial charge in [0, 0.05) is 5.41 Å². The minimum Gasteiger partial charge on any atom is -0.448 e. The molecule has 1 unspecified atom stereocenters. The van der Waals surface area contributed by atoms with Crippen molar-refractivity contribution >= 4 is 0 Å². The van der Waals surface area contributed by atoms with Gasteiger partial charge in [-0.25, -0.2) is 4.98 Å². The van der Waals surface area contributed by atoms with Gasteiger partial charge in [0.1, 0.15) is 5.76 Å². The van der Waals surface area contributed by atoms with Gasteiger partial charge in [-0.3, -0.25) is 0 Å². The largest absolute Gasteiger partial charge is 0.448 e. The third-order valence-corrected chi connectivity index (χ3v) is 3.20. The molecular formula is C13H23NO. The molecule has 0 amide bonds. The van der Waals surface area contributed by atoms with E-state index >= 15 is 0 Å². The number of rotatable bonds is 6. The Kier molecular flexibility index (Phi) is 4.37. The number of hydrogen-bond acceptors (Lipinski definition) is 2. The molecule has 86 valence electrons. The zero-order chi connectivity index (χ0) is 11.3. The lowest BCUT2D eigenvalue weighted by Crippen LogP contribution is -2.23. The van der Waals surface area contributed by atoms with Gasteiger partial charge in [0.05, 0.1) is 5.69 Å². The molecule has 1 atom stereocenters. The quantitative estimate of drug-likeness (QED) is 0.700. The summed E-state index contributed by atoms with van der Waals surface area (Å²) in [4.78, 5) is 4.39. The summed E-state index contributed by atoms with van der Waals surface area (Å²) in [7, 11) is 0. The molecule has 0 saturated carbocycles. The smallest absolute Gasteiger partial charge is 0.181 e. The molecule has 0 fully saturated rings. The highest BCUT2D eigenvalue weighted by Gasteiger charge is 2.29. The number of unbranched alkanes of at least 4 members (excludes halogenated alkanes) is 1. The van der Waals surface area contributed by atoms with Crippen LogP contribution in [0.2, 0.25) is 0 Å². The predicted octanol–water partition coefficient (Wildman–Crippen LogP) is 4.23. The molecule has 0 radical (unpaired) electrons. The highest BCUT2D eigenvalue weighted by molar-refractivity contribution is 5.17. The molecule has 0 saturated heterocycles. The molecule has 1 heterocycles. The fourth-order valence-corrected chi connectivity index (χ4v) is 2.37. The monoisotopic (exact) mass is 209 g/mol. The molecule has 0 bridgehead atoms. The maximum atomic E-state index is 5.33. The zero-order valence-corrected chi connectivity index (χ0v) is 10.5. The predicted molar refractivity (Wildman–Crippen MR) is 63.0 cm³/mol. The van der Waals surface area contributed by atoms with E-state index in [1.165, 1.54) is 32.1 Å². The summed E-state index contributed by atoms with van der Waals surface area (Å²) in [6.07, 6.45) is 7.70. The Morgan fingerprint density at radius 2 is 2.00 bits per heavy atom. The van der Waals surface area contributed by atoms with Gasteiger partial charge in [0.25, 0.3) is 0 Å². The van der Waals surface area contributed by atoms with Crippen molar-refractivity contribution in [3.05, 3.63) is 17.8 Å². The molecule has 0 aliphatic heterocycles. The van der Waals surface area contributed by atoms with E-state index in [-0.39, 0.29) is 5.41 Å². The first-order chi connectivity index (χ1) is 7.14. The minimum atomic E-state index is 0.210. The average molecular weight is 209 g/mol. The van der Waals surface area contributed by atoms with Crippen LogP contribution in [0.15, 0.2) is 10.8 Å². The lowest BCUT2D eigenvalue weighted by atomic mass is 9.77. The van der Waals surface area contributed by atoms with Crippen LogP contribution in [-0.2, 0) is 5.41 Å². The fraction of sp³-hybridized carbons (Fsp3) is 0.769. The van der Waals surface area contributed by atoms with E-state index in [1.54, 1.807) is 6.39 Å². The first-order valence-electron chi connectivity index (χ1n) is 6.04. The molecule has 1 rings (SSSR count). The van der Waals surface area contributed by atoms with Crippen LogP contribution in [0.5, 0.6) is 0 Å². The van der Waals surface area contributed by atoms with E-state index in [9.17, 15) is 0 Å². The Hall–Kier alpha value is -0.790. The molecule has 0 aliphatic carbocycles. The molecule has 1 aromatic rings. The molecule has 0 aromatic carbocycles. The van der Waals surface area contributed by atoms with Gasteiger partial charge in [-0.2, -0.15) is 0 Å². The van der Waals surface area contributed by atoms with Gasteiger partial charge < -0.3 is 4.42 Å². The molecule has 0 spiro atoms. The maximum absolute atomic E-state index is 5.33. The van der Waals surface area contributed by atoms with Crippen molar-refractivity contribution in [1.29, 1.82) is 0 Å². The fourth-order valence-electron chi connectivity index (χ4n) is 2.37. The van der Waals surface area contributed by atoms with Gasteiger partial charge in [-0.15, -0.1) is 0 Å². The van der Waals surface area contributed by atoms with E-state index in [2.05, 4.69) is 25.8 Å². The van der Waals surface area contributed by atoms with Crippen LogP contribution in [-0.4, -0.2) is 4.98 Å². The van der Waals surface area contributed by atoms with E-state index in [0.717, 1.165) is 11.5 Å². The number of aromatic nitrogens is 1. The average Bonchev–Trinajstić information content (AvgIpc) is 2.62. The summed E-state index contributed by atoms with van der Waals surface area (Å²) in [5.41, 5.74) is 1.37. The van der Waals surface area contributed by atoms with Crippen molar-refractivity contribution < 1.29 is 4.42 Å². The number of oxazole rings is 1. The Morgan fingerprint density at radius 3 is 2.47 bits per heavy atom. The molecular weight excluding hydrogens is 186 g/mol. The lowest BCUT2D eigenvalue weighted by molar-refractivity contribution is 0.368. The topological polar surface area (TPSA) is 26.0 Å². The highest BCUT2D eigenvalue weighted by Crippen LogP contribution is 2.35. The standard InChI is InChI=1S/C13H23NO/c1-5-7-9-13(4,8-6-2)12-11(3)15-10-14-12/h10H,5-9H2,1-4H3. The van der Waals surface area contributed by atoms with Crippen molar-refractivity contribution in [2.24, 2.45) is 0 Å².